The smallest absolute Gasteiger partial charge is 0.322 e. The molecule has 1 saturated heterocycles. The number of nitrogens with zero attached hydrogens (tertiary/aromatic N) is 3. The lowest BCUT2D eigenvalue weighted by atomic mass is 10.1. The van der Waals surface area contributed by atoms with Gasteiger partial charge in [0.1, 0.15) is 18.3 Å². The van der Waals surface area contributed by atoms with Gasteiger partial charge in [0, 0.05) is 43.0 Å². The summed E-state index contributed by atoms with van der Waals surface area (Å²) in [6.07, 6.45) is 0.842. The highest BCUT2D eigenvalue weighted by atomic mass is 32.2. The van der Waals surface area contributed by atoms with E-state index < -0.39 is 28.1 Å². The predicted octanol–water partition coefficient (Wildman–Crippen LogP) is 2.83. The second kappa shape index (κ2) is 15.4. The van der Waals surface area contributed by atoms with Crippen LogP contribution >= 0.6 is 0 Å². The first kappa shape index (κ1) is 33.4. The van der Waals surface area contributed by atoms with Crippen LogP contribution in [-0.2, 0) is 15.0 Å². The topological polar surface area (TPSA) is 152 Å². The molecule has 0 aromatic heterocycles. The molecule has 1 amide bonds. The van der Waals surface area contributed by atoms with E-state index in [4.69, 9.17) is 10.00 Å². The highest BCUT2D eigenvalue weighted by Crippen LogP contribution is 2.22. The summed E-state index contributed by atoms with van der Waals surface area (Å²) in [4.78, 5) is 26.2. The molecule has 12 heteroatoms. The van der Waals surface area contributed by atoms with Gasteiger partial charge in [0.2, 0.25) is 0 Å². The van der Waals surface area contributed by atoms with Gasteiger partial charge in [0.05, 0.1) is 18.2 Å². The zero-order valence-electron chi connectivity index (χ0n) is 25.0. The highest BCUT2D eigenvalue weighted by Gasteiger charge is 2.33. The predicted molar refractivity (Wildman–Crippen MR) is 164 cm³/mol. The van der Waals surface area contributed by atoms with Crippen molar-refractivity contribution in [2.24, 2.45) is 11.8 Å². The number of anilines is 1. The molecule has 1 atom stereocenters. The number of hydrogen-bond donors (Lipinski definition) is 3. The van der Waals surface area contributed by atoms with Gasteiger partial charge in [-0.2, -0.15) is 22.7 Å². The van der Waals surface area contributed by atoms with E-state index >= 15 is 0 Å². The second-order valence-electron chi connectivity index (χ2n) is 10.9. The largest absolute Gasteiger partial charge is 0.493 e. The standard InChI is InChI=1S/C31H39N5O6S/c1-22(2)13-20-42-28-12-9-25(21-27(28)30(37)33-15-14-32)6-5-24-7-10-26(11-8-24)35-16-18-36(19-17-35)43(40,41)34-29(23(3)4)31(38)39/h7-12,21-23,29,34H,13,15-20H2,1-4H3,(H,33,37)(H,38,39)/t29-/m1/s1. The number of benzene rings is 2. The van der Waals surface area contributed by atoms with Crippen LogP contribution in [0.3, 0.4) is 0 Å². The van der Waals surface area contributed by atoms with Crippen LogP contribution in [0.1, 0.15) is 55.6 Å². The Morgan fingerprint density at radius 2 is 1.63 bits per heavy atom. The molecule has 11 nitrogen and oxygen atoms in total. The number of piperazine rings is 1. The minimum absolute atomic E-state index is 0.113. The summed E-state index contributed by atoms with van der Waals surface area (Å²) >= 11 is 0. The molecule has 43 heavy (non-hydrogen) atoms. The number of aliphatic carboxylic acids is 1. The Bertz CT molecular complexity index is 1480. The van der Waals surface area contributed by atoms with Crippen LogP contribution in [0, 0.1) is 35.0 Å². The molecule has 1 aliphatic heterocycles. The van der Waals surface area contributed by atoms with Crippen molar-refractivity contribution >= 4 is 27.8 Å². The van der Waals surface area contributed by atoms with E-state index in [1.165, 1.54) is 4.31 Å². The fraction of sp³-hybridized carbons (Fsp3) is 0.452. The van der Waals surface area contributed by atoms with E-state index in [0.29, 0.717) is 42.5 Å². The quantitative estimate of drug-likeness (QED) is 0.245. The van der Waals surface area contributed by atoms with Crippen molar-refractivity contribution in [1.29, 1.82) is 5.26 Å². The van der Waals surface area contributed by atoms with E-state index in [9.17, 15) is 23.1 Å². The lowest BCUT2D eigenvalue weighted by molar-refractivity contribution is -0.140. The Hall–Kier alpha value is -4.10. The number of nitrogens with one attached hydrogen (secondary N) is 2. The second-order valence-corrected chi connectivity index (χ2v) is 12.7. The molecular formula is C31H39N5O6S. The minimum atomic E-state index is -3.93. The number of amides is 1. The lowest BCUT2D eigenvalue weighted by Gasteiger charge is -2.36. The van der Waals surface area contributed by atoms with Gasteiger partial charge in [-0.25, -0.2) is 0 Å². The Balaban J connectivity index is 1.66. The van der Waals surface area contributed by atoms with Gasteiger partial charge in [0.15, 0.2) is 0 Å². The van der Waals surface area contributed by atoms with Crippen LogP contribution in [0.25, 0.3) is 0 Å². The number of ether oxygens (including phenoxy) is 1. The van der Waals surface area contributed by atoms with Crippen LogP contribution in [-0.4, -0.2) is 75.1 Å². The Morgan fingerprint density at radius 3 is 2.21 bits per heavy atom. The summed E-state index contributed by atoms with van der Waals surface area (Å²) in [5.74, 6) is 5.09. The molecular weight excluding hydrogens is 570 g/mol. The van der Waals surface area contributed by atoms with Gasteiger partial charge >= 0.3 is 5.97 Å². The molecule has 0 bridgehead atoms. The van der Waals surface area contributed by atoms with Crippen molar-refractivity contribution in [2.75, 3.05) is 44.2 Å². The molecule has 2 aromatic rings. The maximum absolute atomic E-state index is 12.8. The first-order valence-corrected chi connectivity index (χ1v) is 15.6. The van der Waals surface area contributed by atoms with Gasteiger partial charge < -0.3 is 20.1 Å². The fourth-order valence-electron chi connectivity index (χ4n) is 4.32. The molecule has 1 fully saturated rings. The normalized spacial score (nSPS) is 14.5. The molecule has 1 heterocycles. The van der Waals surface area contributed by atoms with Crippen LogP contribution in [0.15, 0.2) is 42.5 Å². The number of hydrogen-bond acceptors (Lipinski definition) is 7. The number of carboxylic acid groups (broad SMARTS) is 1. The van der Waals surface area contributed by atoms with Crippen LogP contribution < -0.4 is 19.7 Å². The van der Waals surface area contributed by atoms with E-state index in [1.807, 2.05) is 30.3 Å². The summed E-state index contributed by atoms with van der Waals surface area (Å²) in [5.41, 5.74) is 2.62. The van der Waals surface area contributed by atoms with Crippen molar-refractivity contribution in [2.45, 2.75) is 40.2 Å². The third-order valence-corrected chi connectivity index (χ3v) is 8.47. The Labute approximate surface area is 254 Å². The summed E-state index contributed by atoms with van der Waals surface area (Å²) in [6, 6.07) is 13.4. The van der Waals surface area contributed by atoms with Gasteiger partial charge in [-0.3, -0.25) is 9.59 Å². The summed E-state index contributed by atoms with van der Waals surface area (Å²) in [6.45, 7) is 9.21. The van der Waals surface area contributed by atoms with E-state index in [0.717, 1.165) is 17.7 Å². The average molecular weight is 610 g/mol. The van der Waals surface area contributed by atoms with Gasteiger partial charge in [0.25, 0.3) is 16.1 Å². The van der Waals surface area contributed by atoms with Gasteiger partial charge in [-0.1, -0.05) is 39.5 Å². The van der Waals surface area contributed by atoms with Crippen LogP contribution in [0.4, 0.5) is 5.69 Å². The van der Waals surface area contributed by atoms with E-state index in [2.05, 4.69) is 40.6 Å². The third-order valence-electron chi connectivity index (χ3n) is 6.88. The van der Waals surface area contributed by atoms with E-state index in [1.54, 1.807) is 32.0 Å². The Morgan fingerprint density at radius 1 is 1.00 bits per heavy atom. The number of carbonyl (C=O) groups excluding carboxylic acids is 1. The number of nitriles is 1. The Kier molecular flexibility index (Phi) is 12.0. The molecule has 0 radical (unpaired) electrons. The monoisotopic (exact) mass is 609 g/mol. The third kappa shape index (κ3) is 9.72. The van der Waals surface area contributed by atoms with Crippen LogP contribution in [0.2, 0.25) is 0 Å². The van der Waals surface area contributed by atoms with E-state index in [-0.39, 0.29) is 25.6 Å². The van der Waals surface area contributed by atoms with Crippen molar-refractivity contribution in [3.63, 3.8) is 0 Å². The van der Waals surface area contributed by atoms with Crippen molar-refractivity contribution < 1.29 is 27.9 Å². The number of carboxylic acids is 1. The fourth-order valence-corrected chi connectivity index (χ4v) is 5.81. The molecule has 230 valence electrons. The molecule has 1 aliphatic rings. The van der Waals surface area contributed by atoms with Gasteiger partial charge in [-0.15, -0.1) is 0 Å². The minimum Gasteiger partial charge on any atom is -0.493 e. The first-order chi connectivity index (χ1) is 20.4. The summed E-state index contributed by atoms with van der Waals surface area (Å²) < 4.78 is 34.9. The van der Waals surface area contributed by atoms with Gasteiger partial charge in [-0.05, 0) is 60.7 Å². The SMILES string of the molecule is CC(C)CCOc1ccc(C#Cc2ccc(N3CCN(S(=O)(=O)N[C@@H](C(=O)O)C(C)C)CC3)cc2)cc1C(=O)NCC#N. The zero-order valence-corrected chi connectivity index (χ0v) is 25.8. The molecule has 0 spiro atoms. The maximum atomic E-state index is 12.8. The molecule has 2 aromatic carbocycles. The van der Waals surface area contributed by atoms with Crippen molar-refractivity contribution in [3.05, 3.63) is 59.2 Å². The molecule has 3 rings (SSSR count). The maximum Gasteiger partial charge on any atom is 0.322 e. The number of rotatable bonds is 12. The van der Waals surface area contributed by atoms with Crippen molar-refractivity contribution in [3.8, 4) is 23.7 Å². The first-order valence-electron chi connectivity index (χ1n) is 14.2. The van der Waals surface area contributed by atoms with Crippen molar-refractivity contribution in [1.82, 2.24) is 14.3 Å². The molecule has 0 aliphatic carbocycles. The molecule has 0 unspecified atom stereocenters. The lowest BCUT2D eigenvalue weighted by Crippen LogP contribution is -2.55. The zero-order chi connectivity index (χ0) is 31.6. The number of carbonyl (C=O) groups is 2. The molecule has 3 N–H and O–H groups in total. The van der Waals surface area contributed by atoms with Crippen LogP contribution in [0.5, 0.6) is 5.75 Å². The summed E-state index contributed by atoms with van der Waals surface area (Å²) in [7, 11) is -3.93. The molecule has 0 saturated carbocycles. The average Bonchev–Trinajstić information content (AvgIpc) is 2.98. The summed E-state index contributed by atoms with van der Waals surface area (Å²) in [5, 5.41) is 20.7. The highest BCUT2D eigenvalue weighted by molar-refractivity contribution is 7.87.